The molecule has 8 heteroatoms. The van der Waals surface area contributed by atoms with E-state index >= 15 is 0 Å². The lowest BCUT2D eigenvalue weighted by Crippen LogP contribution is -2.68. The average Bonchev–Trinajstić information content (AvgIpc) is 2.76. The SMILES string of the molecule is C=CO[Si](C)(C)C(C)(C)O[Si](C)(C=C)C(C)(CC)C(C)(CC)O[Si](C)(C)C(C)(CC)O[Si](C)(C)C=C. The Bertz CT molecular complexity index is 782. The molecule has 0 spiro atoms. The second-order valence-electron chi connectivity index (χ2n) is 13.1. The van der Waals surface area contributed by atoms with E-state index in [0.29, 0.717) is 0 Å². The molecule has 0 saturated carbocycles. The minimum atomic E-state index is -2.60. The quantitative estimate of drug-likeness (QED) is 0.129. The maximum absolute atomic E-state index is 7.45. The third-order valence-electron chi connectivity index (χ3n) is 9.74. The van der Waals surface area contributed by atoms with Gasteiger partial charge in [-0.15, -0.1) is 13.2 Å². The van der Waals surface area contributed by atoms with Crippen molar-refractivity contribution in [2.24, 2.45) is 0 Å². The molecular formula is C28H60O4Si4. The van der Waals surface area contributed by atoms with Crippen LogP contribution in [0.4, 0.5) is 0 Å². The molecule has 0 aromatic heterocycles. The lowest BCUT2D eigenvalue weighted by atomic mass is 9.85. The molecule has 36 heavy (non-hydrogen) atoms. The molecule has 0 aliphatic rings. The highest BCUT2D eigenvalue weighted by atomic mass is 28.4. The minimum Gasteiger partial charge on any atom is -0.547 e. The van der Waals surface area contributed by atoms with E-state index in [1.54, 1.807) is 6.26 Å². The summed E-state index contributed by atoms with van der Waals surface area (Å²) < 4.78 is 27.6. The number of hydrogen-bond donors (Lipinski definition) is 0. The molecule has 0 N–H and O–H groups in total. The maximum Gasteiger partial charge on any atom is 0.273 e. The first kappa shape index (κ1) is 35.8. The monoisotopic (exact) mass is 572 g/mol. The van der Waals surface area contributed by atoms with E-state index in [0.717, 1.165) is 19.3 Å². The normalized spacial score (nSPS) is 20.3. The molecule has 0 amide bonds. The van der Waals surface area contributed by atoms with Gasteiger partial charge < -0.3 is 17.7 Å². The first-order chi connectivity index (χ1) is 16.0. The van der Waals surface area contributed by atoms with Crippen molar-refractivity contribution in [2.45, 2.75) is 142 Å². The van der Waals surface area contributed by atoms with Gasteiger partial charge in [-0.1, -0.05) is 45.7 Å². The predicted octanol–water partition coefficient (Wildman–Crippen LogP) is 9.20. The fraction of sp³-hybridized carbons (Fsp3) is 0.786. The summed E-state index contributed by atoms with van der Waals surface area (Å²) in [6, 6.07) is 0. The number of hydrogen-bond acceptors (Lipinski definition) is 4. The van der Waals surface area contributed by atoms with E-state index in [-0.39, 0.29) is 10.3 Å². The van der Waals surface area contributed by atoms with Crippen LogP contribution in [0.3, 0.4) is 0 Å². The van der Waals surface area contributed by atoms with Crippen LogP contribution < -0.4 is 0 Å². The topological polar surface area (TPSA) is 36.9 Å². The average molecular weight is 573 g/mol. The summed E-state index contributed by atoms with van der Waals surface area (Å²) in [6.45, 7) is 45.9. The molecule has 0 saturated heterocycles. The van der Waals surface area contributed by atoms with Gasteiger partial charge in [0.25, 0.3) is 8.32 Å². The van der Waals surface area contributed by atoms with E-state index < -0.39 is 44.1 Å². The zero-order chi connectivity index (χ0) is 29.1. The van der Waals surface area contributed by atoms with Crippen LogP contribution in [0.15, 0.2) is 37.4 Å². The molecular weight excluding hydrogens is 513 g/mol. The van der Waals surface area contributed by atoms with Crippen molar-refractivity contribution in [3.8, 4) is 0 Å². The molecule has 212 valence electrons. The Hall–Kier alpha value is -0.232. The van der Waals surface area contributed by atoms with Gasteiger partial charge in [0.2, 0.25) is 25.0 Å². The molecule has 0 heterocycles. The van der Waals surface area contributed by atoms with Gasteiger partial charge in [-0.2, -0.15) is 0 Å². The van der Waals surface area contributed by atoms with Crippen LogP contribution >= 0.6 is 0 Å². The third kappa shape index (κ3) is 6.85. The summed E-state index contributed by atoms with van der Waals surface area (Å²) in [4.78, 5) is 0. The fourth-order valence-corrected chi connectivity index (χ4v) is 17.1. The molecule has 0 rings (SSSR count). The molecule has 0 aliphatic carbocycles. The van der Waals surface area contributed by atoms with Crippen molar-refractivity contribution in [3.05, 3.63) is 37.4 Å². The Kier molecular flexibility index (Phi) is 11.8. The van der Waals surface area contributed by atoms with Crippen molar-refractivity contribution in [2.75, 3.05) is 0 Å². The van der Waals surface area contributed by atoms with Crippen LogP contribution in [0.5, 0.6) is 0 Å². The molecule has 4 unspecified atom stereocenters. The third-order valence-corrected chi connectivity index (χ3v) is 24.6. The Morgan fingerprint density at radius 1 is 0.639 bits per heavy atom. The highest BCUT2D eigenvalue weighted by Crippen LogP contribution is 2.57. The fourth-order valence-electron chi connectivity index (χ4n) is 5.12. The van der Waals surface area contributed by atoms with Gasteiger partial charge in [-0.05, 0) is 92.8 Å². The Morgan fingerprint density at radius 2 is 1.14 bits per heavy atom. The maximum atomic E-state index is 7.45. The lowest BCUT2D eigenvalue weighted by Gasteiger charge is -2.59. The zero-order valence-corrected chi connectivity index (χ0v) is 30.6. The van der Waals surface area contributed by atoms with Crippen molar-refractivity contribution in [1.29, 1.82) is 0 Å². The van der Waals surface area contributed by atoms with Crippen LogP contribution in [0, 0.1) is 0 Å². The Labute approximate surface area is 229 Å². The van der Waals surface area contributed by atoms with E-state index in [4.69, 9.17) is 17.7 Å². The molecule has 0 aromatic carbocycles. The summed E-state index contributed by atoms with van der Waals surface area (Å²) in [5.41, 5.74) is 3.72. The van der Waals surface area contributed by atoms with Crippen LogP contribution in [0.2, 0.25) is 50.9 Å². The summed E-state index contributed by atoms with van der Waals surface area (Å²) in [6.07, 6.45) is 4.27. The molecule has 0 aromatic rings. The van der Waals surface area contributed by atoms with Crippen molar-refractivity contribution < 1.29 is 17.7 Å². The molecule has 0 radical (unpaired) electrons. The van der Waals surface area contributed by atoms with Gasteiger partial charge in [0, 0.05) is 5.04 Å². The largest absolute Gasteiger partial charge is 0.547 e. The van der Waals surface area contributed by atoms with Gasteiger partial charge in [-0.3, -0.25) is 0 Å². The summed E-state index contributed by atoms with van der Waals surface area (Å²) >= 11 is 0. The first-order valence-corrected chi connectivity index (χ1v) is 24.9. The highest BCUT2D eigenvalue weighted by Gasteiger charge is 2.62. The molecule has 0 bridgehead atoms. The number of rotatable bonds is 17. The molecule has 4 atom stereocenters. The van der Waals surface area contributed by atoms with Gasteiger partial charge >= 0.3 is 0 Å². The lowest BCUT2D eigenvalue weighted by molar-refractivity contribution is -0.0105. The summed E-state index contributed by atoms with van der Waals surface area (Å²) in [7, 11) is -9.25. The van der Waals surface area contributed by atoms with Gasteiger partial charge in [0.05, 0.1) is 22.3 Å². The van der Waals surface area contributed by atoms with Crippen molar-refractivity contribution in [3.63, 3.8) is 0 Å². The Balaban J connectivity index is 6.75. The van der Waals surface area contributed by atoms with E-state index in [2.05, 4.69) is 127 Å². The van der Waals surface area contributed by atoms with Crippen LogP contribution in [0.25, 0.3) is 0 Å². The van der Waals surface area contributed by atoms with Gasteiger partial charge in [0.15, 0.2) is 0 Å². The van der Waals surface area contributed by atoms with Crippen molar-refractivity contribution in [1.82, 2.24) is 0 Å². The van der Waals surface area contributed by atoms with E-state index in [1.165, 1.54) is 0 Å². The highest BCUT2D eigenvalue weighted by molar-refractivity contribution is 6.83. The molecule has 0 fully saturated rings. The molecule has 0 aliphatic heterocycles. The smallest absolute Gasteiger partial charge is 0.273 e. The standard InChI is InChI=1S/C28H60O4Si4/c1-19-26(9,31-35(16,17)28(11,21-3)32-33(12,13)23-5)27(10,20-2)36(18,24-6)30-25(7,8)34(14,15)29-22-4/h22-24H,4-6,19-21H2,1-3,7-18H3. The van der Waals surface area contributed by atoms with Crippen LogP contribution in [-0.4, -0.2) is 49.3 Å². The zero-order valence-electron chi connectivity index (χ0n) is 26.6. The second-order valence-corrected chi connectivity index (χ2v) is 29.6. The summed E-state index contributed by atoms with van der Waals surface area (Å²) in [5, 5.41) is -1.01. The predicted molar refractivity (Wildman–Crippen MR) is 169 cm³/mol. The Morgan fingerprint density at radius 3 is 1.47 bits per heavy atom. The van der Waals surface area contributed by atoms with Gasteiger partial charge in [0.1, 0.15) is 0 Å². The van der Waals surface area contributed by atoms with Crippen LogP contribution in [-0.2, 0) is 17.7 Å². The van der Waals surface area contributed by atoms with Crippen molar-refractivity contribution >= 4 is 33.3 Å². The first-order valence-electron chi connectivity index (χ1n) is 13.6. The van der Waals surface area contributed by atoms with Crippen LogP contribution in [0.1, 0.15) is 74.7 Å². The minimum absolute atomic E-state index is 0.239. The van der Waals surface area contributed by atoms with E-state index in [9.17, 15) is 0 Å². The second kappa shape index (κ2) is 11.9. The van der Waals surface area contributed by atoms with E-state index in [1.807, 2.05) is 5.70 Å². The molecule has 4 nitrogen and oxygen atoms in total. The van der Waals surface area contributed by atoms with Gasteiger partial charge in [-0.25, -0.2) is 0 Å². The summed E-state index contributed by atoms with van der Waals surface area (Å²) in [5.74, 6) is 0.